The quantitative estimate of drug-likeness (QED) is 0.723. The second-order valence-corrected chi connectivity index (χ2v) is 3.38. The molecule has 74 valence electrons. The molecule has 0 saturated carbocycles. The van der Waals surface area contributed by atoms with E-state index < -0.39 is 0 Å². The number of benzene rings is 1. The van der Waals surface area contributed by atoms with E-state index in [1.54, 1.807) is 7.11 Å². The highest BCUT2D eigenvalue weighted by Crippen LogP contribution is 2.15. The van der Waals surface area contributed by atoms with Gasteiger partial charge < -0.3 is 15.5 Å². The fourth-order valence-corrected chi connectivity index (χ4v) is 1.55. The van der Waals surface area contributed by atoms with E-state index in [-0.39, 0.29) is 6.23 Å². The van der Waals surface area contributed by atoms with Gasteiger partial charge in [0.15, 0.2) is 0 Å². The summed E-state index contributed by atoms with van der Waals surface area (Å²) in [6.07, 6.45) is 2.47. The number of aromatic amines is 1. The molecule has 3 N–H and O–H groups in total. The maximum absolute atomic E-state index is 5.69. The number of nitrogens with two attached hydrogens (primary N) is 1. The molecule has 0 aliphatic carbocycles. The predicted molar refractivity (Wildman–Crippen MR) is 57.0 cm³/mol. The monoisotopic (exact) mass is 190 g/mol. The van der Waals surface area contributed by atoms with Gasteiger partial charge in [-0.1, -0.05) is 6.07 Å². The Labute approximate surface area is 82.9 Å². The minimum atomic E-state index is -0.216. The Morgan fingerprint density at radius 3 is 3.07 bits per heavy atom. The third-order valence-corrected chi connectivity index (χ3v) is 2.36. The molecule has 2 aromatic rings. The van der Waals surface area contributed by atoms with Gasteiger partial charge in [-0.05, 0) is 29.1 Å². The first kappa shape index (κ1) is 9.24. The highest BCUT2D eigenvalue weighted by Gasteiger charge is 2.02. The largest absolute Gasteiger partial charge is 0.366 e. The lowest BCUT2D eigenvalue weighted by Gasteiger charge is -2.08. The lowest BCUT2D eigenvalue weighted by atomic mass is 10.1. The number of hydrogen-bond acceptors (Lipinski definition) is 2. The van der Waals surface area contributed by atoms with Crippen molar-refractivity contribution in [1.29, 1.82) is 0 Å². The van der Waals surface area contributed by atoms with Gasteiger partial charge in [0.05, 0.1) is 0 Å². The molecule has 0 aliphatic heterocycles. The fraction of sp³-hybridized carbons (Fsp3) is 0.273. The number of ether oxygens (including phenoxy) is 1. The number of aromatic nitrogens is 1. The van der Waals surface area contributed by atoms with Crippen LogP contribution in [-0.2, 0) is 11.2 Å². The Hall–Kier alpha value is -1.32. The lowest BCUT2D eigenvalue weighted by Crippen LogP contribution is -2.24. The van der Waals surface area contributed by atoms with Gasteiger partial charge in [-0.25, -0.2) is 0 Å². The minimum absolute atomic E-state index is 0.216. The van der Waals surface area contributed by atoms with Crippen molar-refractivity contribution in [3.63, 3.8) is 0 Å². The van der Waals surface area contributed by atoms with Crippen LogP contribution < -0.4 is 5.73 Å². The smallest absolute Gasteiger partial charge is 0.109 e. The first-order valence-electron chi connectivity index (χ1n) is 4.64. The molecule has 1 aromatic heterocycles. The van der Waals surface area contributed by atoms with Gasteiger partial charge in [0.2, 0.25) is 0 Å². The van der Waals surface area contributed by atoms with Gasteiger partial charge in [0.25, 0.3) is 0 Å². The predicted octanol–water partition coefficient (Wildman–Crippen LogP) is 1.64. The zero-order valence-corrected chi connectivity index (χ0v) is 8.16. The van der Waals surface area contributed by atoms with Gasteiger partial charge in [0, 0.05) is 25.2 Å². The molecule has 3 nitrogen and oxygen atoms in total. The Kier molecular flexibility index (Phi) is 2.52. The molecular weight excluding hydrogens is 176 g/mol. The number of rotatable bonds is 3. The van der Waals surface area contributed by atoms with E-state index in [0.29, 0.717) is 0 Å². The molecule has 14 heavy (non-hydrogen) atoms. The Balaban J connectivity index is 2.25. The average Bonchev–Trinajstić information content (AvgIpc) is 2.64. The van der Waals surface area contributed by atoms with Crippen molar-refractivity contribution in [3.05, 3.63) is 36.0 Å². The zero-order chi connectivity index (χ0) is 9.97. The summed E-state index contributed by atoms with van der Waals surface area (Å²) < 4.78 is 5.02. The van der Waals surface area contributed by atoms with E-state index in [4.69, 9.17) is 10.5 Å². The molecule has 0 bridgehead atoms. The molecule has 1 aromatic carbocycles. The van der Waals surface area contributed by atoms with Crippen molar-refractivity contribution in [2.24, 2.45) is 5.73 Å². The zero-order valence-electron chi connectivity index (χ0n) is 8.16. The maximum atomic E-state index is 5.69. The van der Waals surface area contributed by atoms with E-state index in [1.165, 1.54) is 10.9 Å². The summed E-state index contributed by atoms with van der Waals surface area (Å²) in [5.74, 6) is 0. The molecule has 0 amide bonds. The summed E-state index contributed by atoms with van der Waals surface area (Å²) in [6.45, 7) is 0. The second-order valence-electron chi connectivity index (χ2n) is 3.38. The Morgan fingerprint density at radius 1 is 1.43 bits per heavy atom. The van der Waals surface area contributed by atoms with Gasteiger partial charge in [-0.2, -0.15) is 0 Å². The molecule has 3 heteroatoms. The average molecular weight is 190 g/mol. The molecule has 0 unspecified atom stereocenters. The van der Waals surface area contributed by atoms with Crippen LogP contribution in [0.25, 0.3) is 10.9 Å². The van der Waals surface area contributed by atoms with Gasteiger partial charge >= 0.3 is 0 Å². The summed E-state index contributed by atoms with van der Waals surface area (Å²) >= 11 is 0. The summed E-state index contributed by atoms with van der Waals surface area (Å²) in [7, 11) is 1.62. The molecule has 0 aliphatic rings. The van der Waals surface area contributed by atoms with Crippen LogP contribution in [0.3, 0.4) is 0 Å². The standard InChI is InChI=1S/C11H14N2O/c1-14-11(12)7-8-2-3-10-9(6-8)4-5-13-10/h2-6,11,13H,7,12H2,1H3/t11-/m1/s1. The lowest BCUT2D eigenvalue weighted by molar-refractivity contribution is 0.109. The van der Waals surface area contributed by atoms with Crippen molar-refractivity contribution < 1.29 is 4.74 Å². The third kappa shape index (κ3) is 1.78. The maximum Gasteiger partial charge on any atom is 0.109 e. The first-order valence-corrected chi connectivity index (χ1v) is 4.64. The fourth-order valence-electron chi connectivity index (χ4n) is 1.55. The van der Waals surface area contributed by atoms with Crippen molar-refractivity contribution >= 4 is 10.9 Å². The van der Waals surface area contributed by atoms with Crippen molar-refractivity contribution in [3.8, 4) is 0 Å². The van der Waals surface area contributed by atoms with Crippen LogP contribution >= 0.6 is 0 Å². The third-order valence-electron chi connectivity index (χ3n) is 2.36. The van der Waals surface area contributed by atoms with E-state index in [9.17, 15) is 0 Å². The number of nitrogens with one attached hydrogen (secondary N) is 1. The molecule has 2 rings (SSSR count). The number of H-pyrrole nitrogens is 1. The SMILES string of the molecule is CO[C@@H](N)Cc1ccc2[nH]ccc2c1. The molecule has 0 radical (unpaired) electrons. The second kappa shape index (κ2) is 3.82. The number of hydrogen-bond donors (Lipinski definition) is 2. The van der Waals surface area contributed by atoms with Crippen LogP contribution in [0.1, 0.15) is 5.56 Å². The van der Waals surface area contributed by atoms with Crippen LogP contribution in [0, 0.1) is 0 Å². The summed E-state index contributed by atoms with van der Waals surface area (Å²) in [5.41, 5.74) is 8.05. The van der Waals surface area contributed by atoms with Crippen LogP contribution in [0.2, 0.25) is 0 Å². The van der Waals surface area contributed by atoms with Gasteiger partial charge in [-0.3, -0.25) is 0 Å². The molecule has 0 fully saturated rings. The van der Waals surface area contributed by atoms with Crippen molar-refractivity contribution in [2.75, 3.05) is 7.11 Å². The molecular formula is C11H14N2O. The first-order chi connectivity index (χ1) is 6.79. The van der Waals surface area contributed by atoms with Crippen LogP contribution in [0.4, 0.5) is 0 Å². The van der Waals surface area contributed by atoms with E-state index in [1.807, 2.05) is 6.20 Å². The molecule has 1 heterocycles. The number of methoxy groups -OCH3 is 1. The van der Waals surface area contributed by atoms with Crippen LogP contribution in [-0.4, -0.2) is 18.3 Å². The van der Waals surface area contributed by atoms with Gasteiger partial charge in [-0.15, -0.1) is 0 Å². The van der Waals surface area contributed by atoms with Crippen molar-refractivity contribution in [2.45, 2.75) is 12.6 Å². The summed E-state index contributed by atoms with van der Waals surface area (Å²) in [4.78, 5) is 3.15. The van der Waals surface area contributed by atoms with Crippen molar-refractivity contribution in [1.82, 2.24) is 4.98 Å². The van der Waals surface area contributed by atoms with E-state index in [2.05, 4.69) is 29.2 Å². The highest BCUT2D eigenvalue weighted by atomic mass is 16.5. The summed E-state index contributed by atoms with van der Waals surface area (Å²) in [6, 6.07) is 8.31. The minimum Gasteiger partial charge on any atom is -0.366 e. The van der Waals surface area contributed by atoms with E-state index >= 15 is 0 Å². The summed E-state index contributed by atoms with van der Waals surface area (Å²) in [5, 5.41) is 1.21. The normalized spacial score (nSPS) is 13.3. The highest BCUT2D eigenvalue weighted by molar-refractivity contribution is 5.79. The van der Waals surface area contributed by atoms with Crippen LogP contribution in [0.5, 0.6) is 0 Å². The van der Waals surface area contributed by atoms with Crippen LogP contribution in [0.15, 0.2) is 30.5 Å². The topological polar surface area (TPSA) is 51.0 Å². The Bertz CT molecular complexity index is 422. The Morgan fingerprint density at radius 2 is 2.29 bits per heavy atom. The number of fused-ring (bicyclic) bond motifs is 1. The molecule has 0 spiro atoms. The van der Waals surface area contributed by atoms with E-state index in [0.717, 1.165) is 11.9 Å². The van der Waals surface area contributed by atoms with Gasteiger partial charge in [0.1, 0.15) is 6.23 Å². The molecule has 1 atom stereocenters. The molecule has 0 saturated heterocycles.